The number of aryl methyl sites for hydroxylation is 1. The van der Waals surface area contributed by atoms with Crippen LogP contribution >= 0.6 is 11.6 Å². The molecule has 3 aromatic rings. The van der Waals surface area contributed by atoms with Crippen molar-refractivity contribution in [1.29, 1.82) is 0 Å². The molecule has 152 valence electrons. The zero-order chi connectivity index (χ0) is 21.3. The van der Waals surface area contributed by atoms with Gasteiger partial charge in [-0.3, -0.25) is 9.59 Å². The van der Waals surface area contributed by atoms with E-state index in [1.807, 2.05) is 55.5 Å². The van der Waals surface area contributed by atoms with Crippen LogP contribution in [0.1, 0.15) is 33.1 Å². The Morgan fingerprint density at radius 2 is 1.80 bits per heavy atom. The van der Waals surface area contributed by atoms with Crippen LogP contribution in [0, 0.1) is 6.92 Å². The van der Waals surface area contributed by atoms with Gasteiger partial charge in [-0.1, -0.05) is 60.1 Å². The maximum atomic E-state index is 13.5. The highest BCUT2D eigenvalue weighted by atomic mass is 35.5. The molecule has 1 aliphatic heterocycles. The van der Waals surface area contributed by atoms with Crippen LogP contribution in [0.25, 0.3) is 0 Å². The molecule has 6 heteroatoms. The van der Waals surface area contributed by atoms with Gasteiger partial charge in [-0.15, -0.1) is 0 Å². The number of ether oxygens (including phenoxy) is 1. The Hall–Kier alpha value is -3.31. The molecule has 30 heavy (non-hydrogen) atoms. The fourth-order valence-electron chi connectivity index (χ4n) is 3.72. The number of carbonyl (C=O) groups is 2. The van der Waals surface area contributed by atoms with E-state index in [9.17, 15) is 9.59 Å². The van der Waals surface area contributed by atoms with E-state index >= 15 is 0 Å². The summed E-state index contributed by atoms with van der Waals surface area (Å²) in [7, 11) is 1.52. The number of anilines is 1. The third kappa shape index (κ3) is 3.64. The van der Waals surface area contributed by atoms with Crippen molar-refractivity contribution in [3.05, 3.63) is 94.0 Å². The van der Waals surface area contributed by atoms with Crippen LogP contribution in [0.15, 0.2) is 66.7 Å². The molecule has 2 amide bonds. The van der Waals surface area contributed by atoms with E-state index in [4.69, 9.17) is 16.3 Å². The number of amides is 2. The van der Waals surface area contributed by atoms with Crippen LogP contribution in [0.5, 0.6) is 5.75 Å². The zero-order valence-corrected chi connectivity index (χ0v) is 17.4. The highest BCUT2D eigenvalue weighted by Gasteiger charge is 2.37. The molecule has 1 heterocycles. The quantitative estimate of drug-likeness (QED) is 0.632. The molecule has 1 N–H and O–H groups in total. The van der Waals surface area contributed by atoms with Crippen molar-refractivity contribution in [2.75, 3.05) is 12.4 Å². The summed E-state index contributed by atoms with van der Waals surface area (Å²) < 4.78 is 5.39. The topological polar surface area (TPSA) is 58.6 Å². The third-order valence-electron chi connectivity index (χ3n) is 5.26. The number of carbonyl (C=O) groups excluding carboxylic acids is 2. The fourth-order valence-corrected chi connectivity index (χ4v) is 3.88. The molecule has 0 aliphatic carbocycles. The van der Waals surface area contributed by atoms with Gasteiger partial charge >= 0.3 is 0 Å². The number of rotatable bonds is 5. The first-order chi connectivity index (χ1) is 14.5. The van der Waals surface area contributed by atoms with E-state index in [1.165, 1.54) is 7.11 Å². The smallest absolute Gasteiger partial charge is 0.255 e. The molecule has 0 saturated carbocycles. The molecular weight excluding hydrogens is 400 g/mol. The van der Waals surface area contributed by atoms with Crippen molar-refractivity contribution in [2.45, 2.75) is 19.5 Å². The second kappa shape index (κ2) is 8.20. The summed E-state index contributed by atoms with van der Waals surface area (Å²) in [6.07, 6.45) is 0. The Morgan fingerprint density at radius 3 is 2.50 bits per heavy atom. The first kappa shape index (κ1) is 20.0. The Bertz CT molecular complexity index is 1110. The molecule has 3 aromatic carbocycles. The van der Waals surface area contributed by atoms with Crippen molar-refractivity contribution in [3.63, 3.8) is 0 Å². The summed E-state index contributed by atoms with van der Waals surface area (Å²) in [4.78, 5) is 28.2. The summed E-state index contributed by atoms with van der Waals surface area (Å²) in [6, 6.07) is 19.4. The largest absolute Gasteiger partial charge is 0.495 e. The number of nitrogens with zero attached hydrogens (tertiary/aromatic N) is 1. The van der Waals surface area contributed by atoms with Crippen LogP contribution in [-0.4, -0.2) is 23.8 Å². The highest BCUT2D eigenvalue weighted by molar-refractivity contribution is 6.31. The lowest BCUT2D eigenvalue weighted by Gasteiger charge is -2.27. The van der Waals surface area contributed by atoms with Crippen molar-refractivity contribution in [1.82, 2.24) is 4.90 Å². The van der Waals surface area contributed by atoms with Gasteiger partial charge in [0.15, 0.2) is 0 Å². The van der Waals surface area contributed by atoms with Crippen molar-refractivity contribution < 1.29 is 14.3 Å². The van der Waals surface area contributed by atoms with Gasteiger partial charge in [-0.25, -0.2) is 0 Å². The van der Waals surface area contributed by atoms with Crippen LogP contribution in [0.2, 0.25) is 5.02 Å². The molecule has 0 aromatic heterocycles. The Labute approximate surface area is 180 Å². The van der Waals surface area contributed by atoms with Crippen molar-refractivity contribution >= 4 is 29.1 Å². The predicted octanol–water partition coefficient (Wildman–Crippen LogP) is 4.99. The van der Waals surface area contributed by atoms with Crippen LogP contribution in [0.3, 0.4) is 0 Å². The Balaban J connectivity index is 1.71. The first-order valence-electron chi connectivity index (χ1n) is 9.58. The summed E-state index contributed by atoms with van der Waals surface area (Å²) in [5.41, 5.74) is 3.60. The lowest BCUT2D eigenvalue weighted by molar-refractivity contribution is -0.120. The van der Waals surface area contributed by atoms with E-state index in [2.05, 4.69) is 5.32 Å². The van der Waals surface area contributed by atoms with E-state index in [0.29, 0.717) is 28.6 Å². The van der Waals surface area contributed by atoms with Gasteiger partial charge in [0.2, 0.25) is 0 Å². The van der Waals surface area contributed by atoms with Gasteiger partial charge in [0.1, 0.15) is 11.8 Å². The minimum absolute atomic E-state index is 0.158. The highest BCUT2D eigenvalue weighted by Crippen LogP contribution is 2.35. The number of fused-ring (bicyclic) bond motifs is 1. The summed E-state index contributed by atoms with van der Waals surface area (Å²) in [5, 5.41) is 3.49. The standard InChI is InChI=1S/C24H21ClN2O3/c1-15-12-20(21(30-2)13-19(15)25)26-23(28)22(16-8-4-3-5-9-16)27-14-17-10-6-7-11-18(17)24(27)29/h3-13,22H,14H2,1-2H3,(H,26,28)/t22-/m0/s1. The van der Waals surface area contributed by atoms with Gasteiger partial charge in [-0.2, -0.15) is 0 Å². The van der Waals surface area contributed by atoms with Crippen molar-refractivity contribution in [2.24, 2.45) is 0 Å². The van der Waals surface area contributed by atoms with Crippen molar-refractivity contribution in [3.8, 4) is 5.75 Å². The number of hydrogen-bond acceptors (Lipinski definition) is 3. The number of nitrogens with one attached hydrogen (secondary N) is 1. The molecule has 0 saturated heterocycles. The van der Waals surface area contributed by atoms with E-state index in [1.54, 1.807) is 23.1 Å². The zero-order valence-electron chi connectivity index (χ0n) is 16.7. The van der Waals surface area contributed by atoms with Gasteiger partial charge < -0.3 is 15.0 Å². The van der Waals surface area contributed by atoms with Crippen LogP contribution in [-0.2, 0) is 11.3 Å². The lowest BCUT2D eigenvalue weighted by Crippen LogP contribution is -2.37. The van der Waals surface area contributed by atoms with E-state index < -0.39 is 6.04 Å². The lowest BCUT2D eigenvalue weighted by atomic mass is 10.0. The normalized spacial score (nSPS) is 13.7. The maximum absolute atomic E-state index is 13.5. The molecule has 5 nitrogen and oxygen atoms in total. The average molecular weight is 421 g/mol. The predicted molar refractivity (Wildman–Crippen MR) is 117 cm³/mol. The molecular formula is C24H21ClN2O3. The summed E-state index contributed by atoms with van der Waals surface area (Å²) in [6.45, 7) is 2.23. The molecule has 4 rings (SSSR count). The average Bonchev–Trinajstić information content (AvgIpc) is 3.08. The van der Waals surface area contributed by atoms with Gasteiger partial charge in [0.25, 0.3) is 11.8 Å². The van der Waals surface area contributed by atoms with Crippen LogP contribution < -0.4 is 10.1 Å². The fraction of sp³-hybridized carbons (Fsp3) is 0.167. The molecule has 1 atom stereocenters. The number of methoxy groups -OCH3 is 1. The SMILES string of the molecule is COc1cc(Cl)c(C)cc1NC(=O)[C@H](c1ccccc1)N1Cc2ccccc2C1=O. The second-order valence-corrected chi connectivity index (χ2v) is 7.60. The second-order valence-electron chi connectivity index (χ2n) is 7.19. The summed E-state index contributed by atoms with van der Waals surface area (Å²) >= 11 is 6.19. The molecule has 0 bridgehead atoms. The Morgan fingerprint density at radius 1 is 1.10 bits per heavy atom. The van der Waals surface area contributed by atoms with Gasteiger partial charge in [0.05, 0.1) is 12.8 Å². The monoisotopic (exact) mass is 420 g/mol. The third-order valence-corrected chi connectivity index (χ3v) is 5.67. The first-order valence-corrected chi connectivity index (χ1v) is 9.96. The molecule has 0 unspecified atom stereocenters. The Kier molecular flexibility index (Phi) is 5.46. The molecule has 1 aliphatic rings. The molecule has 0 radical (unpaired) electrons. The van der Waals surface area contributed by atoms with Gasteiger partial charge in [0, 0.05) is 23.2 Å². The molecule has 0 spiro atoms. The van der Waals surface area contributed by atoms with Crippen LogP contribution in [0.4, 0.5) is 5.69 Å². The number of halogens is 1. The van der Waals surface area contributed by atoms with E-state index in [-0.39, 0.29) is 11.8 Å². The minimum atomic E-state index is -0.785. The van der Waals surface area contributed by atoms with Gasteiger partial charge in [-0.05, 0) is 35.7 Å². The summed E-state index contributed by atoms with van der Waals surface area (Å²) in [5.74, 6) is -0.0157. The number of hydrogen-bond donors (Lipinski definition) is 1. The maximum Gasteiger partial charge on any atom is 0.255 e. The minimum Gasteiger partial charge on any atom is -0.495 e. The molecule has 0 fully saturated rings. The van der Waals surface area contributed by atoms with E-state index in [0.717, 1.165) is 16.7 Å². The number of benzene rings is 3.